The van der Waals surface area contributed by atoms with Crippen LogP contribution >= 0.6 is 23.4 Å². The molecule has 0 bridgehead atoms. The first kappa shape index (κ1) is 23.2. The number of amides is 1. The molecule has 6 nitrogen and oxygen atoms in total. The third kappa shape index (κ3) is 6.48. The van der Waals surface area contributed by atoms with Crippen LogP contribution in [0.4, 0.5) is 5.69 Å². The minimum Gasteiger partial charge on any atom is -0.484 e. The molecule has 0 saturated heterocycles. The van der Waals surface area contributed by atoms with E-state index in [4.69, 9.17) is 16.3 Å². The number of nitrogens with one attached hydrogen (secondary N) is 1. The number of nitrogens with zero attached hydrogens (tertiary/aromatic N) is 3. The molecule has 0 spiro atoms. The summed E-state index contributed by atoms with van der Waals surface area (Å²) in [5, 5.41) is 13.0. The summed E-state index contributed by atoms with van der Waals surface area (Å²) in [5.41, 5.74) is 0.803. The second-order valence-electron chi connectivity index (χ2n) is 6.97. The number of halogens is 1. The molecule has 1 amide bonds. The van der Waals surface area contributed by atoms with Gasteiger partial charge in [0.25, 0.3) is 0 Å². The van der Waals surface area contributed by atoms with E-state index < -0.39 is 0 Å². The number of carbonyl (C=O) groups excluding carboxylic acids is 1. The number of thioether (sulfide) groups is 1. The van der Waals surface area contributed by atoms with Crippen LogP contribution in [0.25, 0.3) is 0 Å². The smallest absolute Gasteiger partial charge is 0.225 e. The van der Waals surface area contributed by atoms with Gasteiger partial charge in [0.1, 0.15) is 12.4 Å². The third-order valence-corrected chi connectivity index (χ3v) is 6.11. The van der Waals surface area contributed by atoms with Crippen molar-refractivity contribution in [1.29, 1.82) is 0 Å². The van der Waals surface area contributed by atoms with Crippen LogP contribution in [0.5, 0.6) is 5.75 Å². The molecule has 0 aliphatic rings. The second kappa shape index (κ2) is 11.8. The summed E-state index contributed by atoms with van der Waals surface area (Å²) in [6, 6.07) is 17.1. The van der Waals surface area contributed by atoms with Gasteiger partial charge >= 0.3 is 0 Å². The van der Waals surface area contributed by atoms with E-state index >= 15 is 0 Å². The van der Waals surface area contributed by atoms with Crippen molar-refractivity contribution in [1.82, 2.24) is 14.8 Å². The van der Waals surface area contributed by atoms with Gasteiger partial charge in [-0.15, -0.1) is 10.2 Å². The van der Waals surface area contributed by atoms with Gasteiger partial charge in [-0.2, -0.15) is 0 Å². The molecule has 0 radical (unpaired) electrons. The molecular weight excluding hydrogens is 432 g/mol. The van der Waals surface area contributed by atoms with E-state index in [1.807, 2.05) is 48.5 Å². The summed E-state index contributed by atoms with van der Waals surface area (Å²) >= 11 is 7.74. The highest BCUT2D eigenvalue weighted by Gasteiger charge is 2.20. The quantitative estimate of drug-likeness (QED) is 0.357. The van der Waals surface area contributed by atoms with Crippen molar-refractivity contribution < 1.29 is 9.53 Å². The van der Waals surface area contributed by atoms with Crippen LogP contribution in [0.1, 0.15) is 45.0 Å². The first-order chi connectivity index (χ1) is 15.1. The van der Waals surface area contributed by atoms with E-state index in [1.54, 1.807) is 6.07 Å². The molecule has 164 valence electrons. The fourth-order valence-electron chi connectivity index (χ4n) is 3.21. The minimum atomic E-state index is -0.0189. The third-order valence-electron chi connectivity index (χ3n) is 4.85. The average Bonchev–Trinajstić information content (AvgIpc) is 3.17. The summed E-state index contributed by atoms with van der Waals surface area (Å²) in [6.07, 6.45) is 2.30. The van der Waals surface area contributed by atoms with Crippen molar-refractivity contribution in [3.05, 3.63) is 65.4 Å². The van der Waals surface area contributed by atoms with Gasteiger partial charge in [0.05, 0.1) is 5.02 Å². The Morgan fingerprint density at radius 1 is 1.10 bits per heavy atom. The Bertz CT molecular complexity index is 977. The van der Waals surface area contributed by atoms with E-state index in [0.717, 1.165) is 29.5 Å². The lowest BCUT2D eigenvalue weighted by molar-refractivity contribution is -0.115. The number of hydrogen-bond acceptors (Lipinski definition) is 5. The highest BCUT2D eigenvalue weighted by Crippen LogP contribution is 2.28. The van der Waals surface area contributed by atoms with Gasteiger partial charge in [-0.1, -0.05) is 67.5 Å². The summed E-state index contributed by atoms with van der Waals surface area (Å²) in [5.74, 6) is 1.97. The molecule has 3 aromatic rings. The number of para-hydroxylation sites is 2. The molecule has 1 heterocycles. The van der Waals surface area contributed by atoms with Gasteiger partial charge in [-0.3, -0.25) is 4.79 Å². The molecule has 2 aromatic carbocycles. The first-order valence-electron chi connectivity index (χ1n) is 10.4. The fourth-order valence-corrected chi connectivity index (χ4v) is 4.36. The van der Waals surface area contributed by atoms with Crippen LogP contribution in [-0.4, -0.2) is 26.4 Å². The maximum Gasteiger partial charge on any atom is 0.225 e. The Morgan fingerprint density at radius 2 is 1.81 bits per heavy atom. The Hall–Kier alpha value is -2.51. The average molecular weight is 459 g/mol. The first-order valence-corrected chi connectivity index (χ1v) is 11.8. The normalized spacial score (nSPS) is 11.0. The molecule has 31 heavy (non-hydrogen) atoms. The van der Waals surface area contributed by atoms with E-state index in [1.165, 1.54) is 11.8 Å². The number of carbonyl (C=O) groups is 1. The van der Waals surface area contributed by atoms with Crippen molar-refractivity contribution in [2.45, 2.75) is 50.9 Å². The topological polar surface area (TPSA) is 69.0 Å². The van der Waals surface area contributed by atoms with Gasteiger partial charge < -0.3 is 14.6 Å². The number of anilines is 1. The minimum absolute atomic E-state index is 0.0189. The van der Waals surface area contributed by atoms with Crippen molar-refractivity contribution in [3.63, 3.8) is 0 Å². The molecular formula is C23H27ClN4O2S. The molecule has 8 heteroatoms. The van der Waals surface area contributed by atoms with E-state index in [2.05, 4.69) is 33.9 Å². The molecule has 0 aliphatic heterocycles. The molecule has 0 saturated carbocycles. The Morgan fingerprint density at radius 3 is 2.52 bits per heavy atom. The molecule has 0 aliphatic carbocycles. The van der Waals surface area contributed by atoms with E-state index in [9.17, 15) is 4.79 Å². The van der Waals surface area contributed by atoms with Gasteiger partial charge in [-0.25, -0.2) is 0 Å². The number of rotatable bonds is 11. The van der Waals surface area contributed by atoms with Gasteiger partial charge in [0.2, 0.25) is 5.91 Å². The molecule has 1 aromatic heterocycles. The molecule has 3 rings (SSSR count). The zero-order valence-electron chi connectivity index (χ0n) is 17.8. The largest absolute Gasteiger partial charge is 0.484 e. The van der Waals surface area contributed by atoms with Crippen LogP contribution in [0.2, 0.25) is 5.02 Å². The van der Waals surface area contributed by atoms with Crippen molar-refractivity contribution in [2.75, 3.05) is 11.1 Å². The van der Waals surface area contributed by atoms with Crippen LogP contribution in [0.3, 0.4) is 0 Å². The molecule has 1 N–H and O–H groups in total. The molecule has 0 unspecified atom stereocenters. The summed E-state index contributed by atoms with van der Waals surface area (Å²) in [4.78, 5) is 12.2. The standard InChI is InChI=1S/C23H27ClN4O2S/c1-3-18(4-2)28-21(16-30-20-13-9-8-12-19(20)24)26-27-23(28)31-15-14-22(29)25-17-10-6-5-7-11-17/h5-13,18H,3-4,14-16H2,1-2H3,(H,25,29). The van der Waals surface area contributed by atoms with Crippen molar-refractivity contribution in [3.8, 4) is 5.75 Å². The van der Waals surface area contributed by atoms with Crippen molar-refractivity contribution >= 4 is 35.0 Å². The predicted molar refractivity (Wildman–Crippen MR) is 126 cm³/mol. The zero-order valence-corrected chi connectivity index (χ0v) is 19.3. The summed E-state index contributed by atoms with van der Waals surface area (Å²) in [6.45, 7) is 4.57. The van der Waals surface area contributed by atoms with Crippen LogP contribution < -0.4 is 10.1 Å². The van der Waals surface area contributed by atoms with Crippen LogP contribution in [-0.2, 0) is 11.4 Å². The number of hydrogen-bond donors (Lipinski definition) is 1. The molecule has 0 atom stereocenters. The highest BCUT2D eigenvalue weighted by molar-refractivity contribution is 7.99. The van der Waals surface area contributed by atoms with Gasteiger partial charge in [0, 0.05) is 23.9 Å². The van der Waals surface area contributed by atoms with Crippen molar-refractivity contribution in [2.24, 2.45) is 0 Å². The van der Waals surface area contributed by atoms with E-state index in [0.29, 0.717) is 22.9 Å². The monoisotopic (exact) mass is 458 g/mol. The lowest BCUT2D eigenvalue weighted by Gasteiger charge is -2.19. The van der Waals surface area contributed by atoms with Crippen LogP contribution in [0, 0.1) is 0 Å². The van der Waals surface area contributed by atoms with Crippen LogP contribution in [0.15, 0.2) is 59.8 Å². The summed E-state index contributed by atoms with van der Waals surface area (Å²) in [7, 11) is 0. The number of benzene rings is 2. The molecule has 0 fully saturated rings. The van der Waals surface area contributed by atoms with Gasteiger partial charge in [-0.05, 0) is 37.1 Å². The Kier molecular flexibility index (Phi) is 8.79. The lowest BCUT2D eigenvalue weighted by Crippen LogP contribution is -2.15. The predicted octanol–water partition coefficient (Wildman–Crippen LogP) is 5.99. The maximum absolute atomic E-state index is 12.2. The second-order valence-corrected chi connectivity index (χ2v) is 8.44. The zero-order chi connectivity index (χ0) is 22.1. The lowest BCUT2D eigenvalue weighted by atomic mass is 10.2. The fraction of sp³-hybridized carbons (Fsp3) is 0.348. The van der Waals surface area contributed by atoms with E-state index in [-0.39, 0.29) is 18.6 Å². The SMILES string of the molecule is CCC(CC)n1c(COc2ccccc2Cl)nnc1SCCC(=O)Nc1ccccc1. The highest BCUT2D eigenvalue weighted by atomic mass is 35.5. The Labute approximate surface area is 192 Å². The number of aromatic nitrogens is 3. The summed E-state index contributed by atoms with van der Waals surface area (Å²) < 4.78 is 8.03. The maximum atomic E-state index is 12.2. The van der Waals surface area contributed by atoms with Gasteiger partial charge in [0.15, 0.2) is 11.0 Å². The number of ether oxygens (including phenoxy) is 1. The Balaban J connectivity index is 1.64.